The van der Waals surface area contributed by atoms with Gasteiger partial charge in [-0.1, -0.05) is 45.4 Å². The lowest BCUT2D eigenvalue weighted by Gasteiger charge is -2.41. The average molecular weight is 268 g/mol. The molecule has 0 spiro atoms. The molecule has 1 rings (SSSR count). The van der Waals surface area contributed by atoms with Gasteiger partial charge in [0.2, 0.25) is 0 Å². The molecule has 114 valence electrons. The summed E-state index contributed by atoms with van der Waals surface area (Å²) in [6.45, 7) is 8.33. The van der Waals surface area contributed by atoms with Gasteiger partial charge in [0.25, 0.3) is 0 Å². The molecule has 2 heteroatoms. The summed E-state index contributed by atoms with van der Waals surface area (Å²) in [5.74, 6) is 0. The van der Waals surface area contributed by atoms with Crippen LogP contribution in [0.4, 0.5) is 0 Å². The van der Waals surface area contributed by atoms with Crippen LogP contribution in [0.5, 0.6) is 0 Å². The van der Waals surface area contributed by atoms with Crippen LogP contribution in [-0.4, -0.2) is 36.6 Å². The number of hydrogen-bond acceptors (Lipinski definition) is 2. The number of hydrogen-bond donors (Lipinski definition) is 1. The molecule has 0 bridgehead atoms. The smallest absolute Gasteiger partial charge is 0.0251 e. The van der Waals surface area contributed by atoms with Crippen LogP contribution in [0.3, 0.4) is 0 Å². The maximum absolute atomic E-state index is 3.61. The monoisotopic (exact) mass is 268 g/mol. The van der Waals surface area contributed by atoms with Crippen molar-refractivity contribution in [3.63, 3.8) is 0 Å². The summed E-state index contributed by atoms with van der Waals surface area (Å²) in [5.41, 5.74) is 0. The highest BCUT2D eigenvalue weighted by Crippen LogP contribution is 2.24. The summed E-state index contributed by atoms with van der Waals surface area (Å²) >= 11 is 0. The molecule has 0 heterocycles. The molecule has 2 nitrogen and oxygen atoms in total. The molecule has 1 fully saturated rings. The number of unbranched alkanes of at least 4 members (excludes halogenated alkanes) is 2. The first-order valence-corrected chi connectivity index (χ1v) is 8.63. The minimum absolute atomic E-state index is 0.678. The third kappa shape index (κ3) is 5.83. The van der Waals surface area contributed by atoms with Crippen molar-refractivity contribution >= 4 is 0 Å². The van der Waals surface area contributed by atoms with Crippen LogP contribution in [0.15, 0.2) is 0 Å². The van der Waals surface area contributed by atoms with Gasteiger partial charge in [0.15, 0.2) is 0 Å². The number of rotatable bonds is 7. The Hall–Kier alpha value is -0.0800. The quantitative estimate of drug-likeness (QED) is 0.696. The Morgan fingerprint density at radius 1 is 1.05 bits per heavy atom. The van der Waals surface area contributed by atoms with Gasteiger partial charge < -0.3 is 5.32 Å². The predicted molar refractivity (Wildman–Crippen MR) is 85.7 cm³/mol. The second kappa shape index (κ2) is 9.77. The lowest BCUT2D eigenvalue weighted by molar-refractivity contribution is 0.102. The topological polar surface area (TPSA) is 15.3 Å². The van der Waals surface area contributed by atoms with E-state index in [1.807, 2.05) is 0 Å². The minimum atomic E-state index is 0.678. The van der Waals surface area contributed by atoms with E-state index in [1.165, 1.54) is 64.3 Å². The van der Waals surface area contributed by atoms with Gasteiger partial charge in [0.05, 0.1) is 0 Å². The van der Waals surface area contributed by atoms with E-state index in [9.17, 15) is 0 Å². The van der Waals surface area contributed by atoms with Gasteiger partial charge in [-0.2, -0.15) is 0 Å². The highest BCUT2D eigenvalue weighted by Gasteiger charge is 2.28. The van der Waals surface area contributed by atoms with Crippen LogP contribution in [0.1, 0.15) is 78.6 Å². The second-order valence-electron chi connectivity index (χ2n) is 6.49. The van der Waals surface area contributed by atoms with E-state index in [0.29, 0.717) is 12.1 Å². The predicted octanol–water partition coefficient (Wildman–Crippen LogP) is 4.20. The van der Waals surface area contributed by atoms with E-state index in [1.54, 1.807) is 0 Å². The Morgan fingerprint density at radius 2 is 1.74 bits per heavy atom. The summed E-state index contributed by atoms with van der Waals surface area (Å²) in [6.07, 6.45) is 12.5. The fourth-order valence-electron chi connectivity index (χ4n) is 3.55. The van der Waals surface area contributed by atoms with Gasteiger partial charge in [0.1, 0.15) is 0 Å². The van der Waals surface area contributed by atoms with Gasteiger partial charge in [-0.3, -0.25) is 4.90 Å². The molecule has 0 saturated heterocycles. The first-order chi connectivity index (χ1) is 9.20. The zero-order valence-electron chi connectivity index (χ0n) is 13.8. The molecule has 1 aliphatic rings. The van der Waals surface area contributed by atoms with E-state index >= 15 is 0 Å². The van der Waals surface area contributed by atoms with Crippen molar-refractivity contribution in [2.45, 2.75) is 96.7 Å². The van der Waals surface area contributed by atoms with Crippen molar-refractivity contribution in [3.05, 3.63) is 0 Å². The fraction of sp³-hybridized carbons (Fsp3) is 1.00. The second-order valence-corrected chi connectivity index (χ2v) is 6.49. The van der Waals surface area contributed by atoms with E-state index in [4.69, 9.17) is 0 Å². The van der Waals surface area contributed by atoms with Crippen molar-refractivity contribution in [1.82, 2.24) is 10.2 Å². The zero-order chi connectivity index (χ0) is 14.1. The third-order valence-corrected chi connectivity index (χ3v) is 4.71. The molecule has 0 aromatic heterocycles. The van der Waals surface area contributed by atoms with E-state index in [2.05, 4.69) is 38.0 Å². The van der Waals surface area contributed by atoms with Crippen LogP contribution in [0, 0.1) is 0 Å². The van der Waals surface area contributed by atoms with Crippen LogP contribution >= 0.6 is 0 Å². The van der Waals surface area contributed by atoms with Gasteiger partial charge in [-0.15, -0.1) is 0 Å². The van der Waals surface area contributed by atoms with Crippen molar-refractivity contribution in [2.24, 2.45) is 0 Å². The highest BCUT2D eigenvalue weighted by molar-refractivity contribution is 4.86. The molecule has 19 heavy (non-hydrogen) atoms. The number of likely N-dealkylation sites (N-methyl/N-ethyl adjacent to an activating group) is 1. The molecule has 2 atom stereocenters. The zero-order valence-corrected chi connectivity index (χ0v) is 13.8. The molecule has 2 unspecified atom stereocenters. The molecule has 0 aromatic rings. The molecular weight excluding hydrogens is 232 g/mol. The maximum atomic E-state index is 3.61. The Morgan fingerprint density at radius 3 is 2.32 bits per heavy atom. The fourth-order valence-corrected chi connectivity index (χ4v) is 3.55. The summed E-state index contributed by atoms with van der Waals surface area (Å²) in [7, 11) is 2.16. The van der Waals surface area contributed by atoms with E-state index in [-0.39, 0.29) is 0 Å². The molecule has 0 aliphatic heterocycles. The first-order valence-electron chi connectivity index (χ1n) is 8.63. The van der Waals surface area contributed by atoms with Crippen molar-refractivity contribution in [2.75, 3.05) is 13.6 Å². The molecular formula is C17H36N2. The third-order valence-electron chi connectivity index (χ3n) is 4.71. The molecule has 1 N–H and O–H groups in total. The Bertz CT molecular complexity index is 215. The minimum Gasteiger partial charge on any atom is -0.315 e. The SMILES string of the molecule is CCCCCN(C(C)C)C1CCCCCCC1NC. The maximum Gasteiger partial charge on any atom is 0.0251 e. The summed E-state index contributed by atoms with van der Waals surface area (Å²) in [6, 6.07) is 2.13. The molecule has 1 aliphatic carbocycles. The normalized spacial score (nSPS) is 25.6. The highest BCUT2D eigenvalue weighted by atomic mass is 15.2. The lowest BCUT2D eigenvalue weighted by atomic mass is 9.90. The van der Waals surface area contributed by atoms with Crippen LogP contribution in [0.25, 0.3) is 0 Å². The first kappa shape index (κ1) is 17.0. The average Bonchev–Trinajstić information content (AvgIpc) is 2.36. The Balaban J connectivity index is 2.64. The Labute approximate surface area is 121 Å². The van der Waals surface area contributed by atoms with E-state index in [0.717, 1.165) is 6.04 Å². The molecule has 0 aromatic carbocycles. The van der Waals surface area contributed by atoms with Crippen LogP contribution in [-0.2, 0) is 0 Å². The Kier molecular flexibility index (Phi) is 8.72. The van der Waals surface area contributed by atoms with Gasteiger partial charge >= 0.3 is 0 Å². The van der Waals surface area contributed by atoms with Crippen LogP contribution in [0.2, 0.25) is 0 Å². The molecule has 1 saturated carbocycles. The van der Waals surface area contributed by atoms with Crippen molar-refractivity contribution in [1.29, 1.82) is 0 Å². The molecule has 0 amide bonds. The van der Waals surface area contributed by atoms with Gasteiger partial charge in [0, 0.05) is 18.1 Å². The summed E-state index contributed by atoms with van der Waals surface area (Å²) in [4.78, 5) is 2.78. The molecule has 0 radical (unpaired) electrons. The van der Waals surface area contributed by atoms with Crippen LogP contribution < -0.4 is 5.32 Å². The summed E-state index contributed by atoms with van der Waals surface area (Å²) < 4.78 is 0. The van der Waals surface area contributed by atoms with Gasteiger partial charge in [-0.25, -0.2) is 0 Å². The van der Waals surface area contributed by atoms with Crippen molar-refractivity contribution in [3.8, 4) is 0 Å². The lowest BCUT2D eigenvalue weighted by Crippen LogP contribution is -2.52. The number of nitrogens with one attached hydrogen (secondary N) is 1. The summed E-state index contributed by atoms with van der Waals surface area (Å²) in [5, 5.41) is 3.61. The standard InChI is InChI=1S/C17H36N2/c1-5-6-11-14-19(15(2)3)17-13-10-8-7-9-12-16(17)18-4/h15-18H,5-14H2,1-4H3. The largest absolute Gasteiger partial charge is 0.315 e. The van der Waals surface area contributed by atoms with Crippen molar-refractivity contribution < 1.29 is 0 Å². The van der Waals surface area contributed by atoms with E-state index < -0.39 is 0 Å². The van der Waals surface area contributed by atoms with Gasteiger partial charge in [-0.05, 0) is 46.7 Å². The number of nitrogens with zero attached hydrogens (tertiary/aromatic N) is 1.